The lowest BCUT2D eigenvalue weighted by Gasteiger charge is -2.05. The number of aliphatic carboxylic acids is 4. The van der Waals surface area contributed by atoms with Crippen LogP contribution in [0.4, 0.5) is 0 Å². The number of rotatable bonds is 16. The number of esters is 1. The number of carbonyl (C=O) groups is 7. The predicted molar refractivity (Wildman–Crippen MR) is 317 cm³/mol. The highest BCUT2D eigenvalue weighted by Gasteiger charge is 2.14. The first-order chi connectivity index (χ1) is 41.3. The number of hydrogen-bond donors (Lipinski definition) is 14. The summed E-state index contributed by atoms with van der Waals surface area (Å²) in [4.78, 5) is 72.1. The zero-order valence-corrected chi connectivity index (χ0v) is 46.5. The van der Waals surface area contributed by atoms with Crippen LogP contribution in [0, 0.1) is 0 Å². The first kappa shape index (κ1) is 72.8. The van der Waals surface area contributed by atoms with Crippen LogP contribution in [0.15, 0.2) is 164 Å². The van der Waals surface area contributed by atoms with Crippen LogP contribution in [0.5, 0.6) is 69.0 Å². The maximum atomic E-state index is 11.3. The van der Waals surface area contributed by atoms with Gasteiger partial charge in [-0.2, -0.15) is 0 Å². The van der Waals surface area contributed by atoms with Gasteiger partial charge in [0.1, 0.15) is 18.3 Å². The number of ether oxygens (including phenoxy) is 3. The van der Waals surface area contributed by atoms with Crippen molar-refractivity contribution in [3.05, 3.63) is 203 Å². The molecule has 0 aliphatic heterocycles. The number of carboxylic acid groups (broad SMARTS) is 4. The molecule has 24 nitrogen and oxygen atoms in total. The molecule has 0 atom stereocenters. The summed E-state index contributed by atoms with van der Waals surface area (Å²) in [6.07, 6.45) is 12.5. The monoisotopic (exact) mass is 1200 g/mol. The average molecular weight is 1200 g/mol. The van der Waals surface area contributed by atoms with E-state index < -0.39 is 47.1 Å². The third-order valence-corrected chi connectivity index (χ3v) is 10.00. The predicted octanol–water partition coefficient (Wildman–Crippen LogP) is 9.39. The highest BCUT2D eigenvalue weighted by molar-refractivity contribution is 5.91. The molecule has 0 fully saturated rings. The van der Waals surface area contributed by atoms with Gasteiger partial charge in [0.15, 0.2) is 63.2 Å². The summed E-state index contributed by atoms with van der Waals surface area (Å²) in [5.74, 6) is -6.63. The van der Waals surface area contributed by atoms with Crippen LogP contribution < -0.4 is 9.47 Å². The second-order valence-corrected chi connectivity index (χ2v) is 16.6. The van der Waals surface area contributed by atoms with Gasteiger partial charge in [-0.05, 0) is 137 Å². The van der Waals surface area contributed by atoms with E-state index in [-0.39, 0.29) is 58.8 Å². The van der Waals surface area contributed by atoms with Gasteiger partial charge in [-0.1, -0.05) is 73.7 Å². The second kappa shape index (κ2) is 40.1. The molecule has 0 aliphatic carbocycles. The number of methoxy groups -OCH3 is 2. The van der Waals surface area contributed by atoms with E-state index in [2.05, 4.69) is 0 Å². The number of carboxylic acids is 4. The molecule has 0 unspecified atom stereocenters. The molecule has 87 heavy (non-hydrogen) atoms. The van der Waals surface area contributed by atoms with Crippen molar-refractivity contribution in [2.45, 2.75) is 19.8 Å². The van der Waals surface area contributed by atoms with E-state index in [0.717, 1.165) is 47.8 Å². The van der Waals surface area contributed by atoms with E-state index in [4.69, 9.17) is 80.6 Å². The van der Waals surface area contributed by atoms with Gasteiger partial charge in [0.05, 0.1) is 32.8 Å². The fraction of sp³-hybridized carbons (Fsp3) is 0.0952. The van der Waals surface area contributed by atoms with Crippen LogP contribution in [0.1, 0.15) is 61.9 Å². The molecule has 0 saturated heterocycles. The molecule has 7 aromatic carbocycles. The minimum absolute atomic E-state index is 0.00347. The number of carbonyl (C=O) groups excluding carboxylic acids is 3. The molecule has 458 valence electrons. The lowest BCUT2D eigenvalue weighted by molar-refractivity contribution is -0.136. The van der Waals surface area contributed by atoms with Crippen molar-refractivity contribution in [1.29, 1.82) is 0 Å². The van der Waals surface area contributed by atoms with E-state index in [0.29, 0.717) is 46.5 Å². The molecule has 7 rings (SSSR count). The Morgan fingerprint density at radius 2 is 0.862 bits per heavy atom. The van der Waals surface area contributed by atoms with Gasteiger partial charge in [-0.15, -0.1) is 0 Å². The van der Waals surface area contributed by atoms with Crippen molar-refractivity contribution in [3.8, 4) is 69.0 Å². The van der Waals surface area contributed by atoms with E-state index in [1.54, 1.807) is 30.3 Å². The number of benzene rings is 7. The Morgan fingerprint density at radius 3 is 1.30 bits per heavy atom. The largest absolute Gasteiger partial charge is 0.508 e. The normalized spacial score (nSPS) is 10.0. The molecular formula is C63H62O24. The Kier molecular flexibility index (Phi) is 33.5. The van der Waals surface area contributed by atoms with Crippen molar-refractivity contribution in [2.75, 3.05) is 20.8 Å². The number of aldehydes is 2. The fourth-order valence-electron chi connectivity index (χ4n) is 5.87. The number of hydrogen-bond acceptors (Lipinski definition) is 20. The summed E-state index contributed by atoms with van der Waals surface area (Å²) in [6.45, 7) is 2.11. The minimum atomic E-state index is -1.06. The molecule has 0 radical (unpaired) electrons. The van der Waals surface area contributed by atoms with Crippen LogP contribution in [0.25, 0.3) is 24.3 Å². The lowest BCUT2D eigenvalue weighted by atomic mass is 10.1. The molecule has 0 amide bonds. The molecule has 0 bridgehead atoms. The Labute approximate surface area is 496 Å². The lowest BCUT2D eigenvalue weighted by Crippen LogP contribution is -2.05. The van der Waals surface area contributed by atoms with Gasteiger partial charge in [-0.25, -0.2) is 19.2 Å². The molecule has 24 heteroatoms. The van der Waals surface area contributed by atoms with Crippen molar-refractivity contribution < 1.29 is 119 Å². The third-order valence-electron chi connectivity index (χ3n) is 10.00. The van der Waals surface area contributed by atoms with E-state index >= 15 is 0 Å². The first-order valence-corrected chi connectivity index (χ1v) is 24.8. The standard InChI is InChI=1S/C10H12O5.C10H10O4.C9H8O4.C9H8O3.C9H8O.C8H8O4.C8H8O3/c1-2-3-15-10(14)6-4-7(11)9(13)8(12)5-6;1-14-9-6-7(2-4-8(9)11)3-5-10(12)13;10-7-3-1-6(5-8(7)11)2-4-9(12)13;10-8-4-1-7(2-5-8)3-6-9(11)12;10-8-4-7-9-5-2-1-3-6-9;9-6-2-1-5(3-7(6)10)4-8(11)12;1-11-8-4-6(5-9)2-3-7(8)10/h4-5,11-13H,2-3H2,1H3;2-6,11H,1H3,(H,12,13);1-5,10-11H,(H,12,13);1-6,10H,(H,11,12);1-8H;1-3,9-10H,4H2,(H,11,12);2-5,10H,1H3/b;5-3+;4-2+;6-3+;7-4+;;. The van der Waals surface area contributed by atoms with Crippen LogP contribution >= 0.6 is 0 Å². The Morgan fingerprint density at radius 1 is 0.437 bits per heavy atom. The fourth-order valence-corrected chi connectivity index (χ4v) is 5.87. The number of phenolic OH excluding ortho intramolecular Hbond substituents is 10. The van der Waals surface area contributed by atoms with Crippen LogP contribution in [0.2, 0.25) is 0 Å². The SMILES string of the molecule is CCCOC(=O)c1cc(O)c(O)c(O)c1.COc1cc(/C=C/C(=O)O)ccc1O.COc1cc(C=O)ccc1O.O=C(O)/C=C/c1ccc(O)c(O)c1.O=C(O)/C=C/c1ccc(O)cc1.O=C(O)Cc1ccc(O)c(O)c1.O=C/C=C/c1ccccc1. The molecule has 0 spiro atoms. The summed E-state index contributed by atoms with van der Waals surface area (Å²) in [5.41, 5.74) is 3.90. The van der Waals surface area contributed by atoms with Crippen molar-refractivity contribution >= 4 is 66.7 Å². The summed E-state index contributed by atoms with van der Waals surface area (Å²) in [5, 5.41) is 124. The van der Waals surface area contributed by atoms with Crippen molar-refractivity contribution in [3.63, 3.8) is 0 Å². The molecular weight excluding hydrogens is 1140 g/mol. The molecule has 0 aromatic heterocycles. The van der Waals surface area contributed by atoms with Crippen LogP contribution in [-0.4, -0.2) is 135 Å². The highest BCUT2D eigenvalue weighted by Crippen LogP contribution is 2.36. The maximum absolute atomic E-state index is 11.3. The van der Waals surface area contributed by atoms with Gasteiger partial charge in [0.2, 0.25) is 0 Å². The number of aromatic hydroxyl groups is 10. The quantitative estimate of drug-likeness (QED) is 0.0185. The molecule has 0 heterocycles. The zero-order chi connectivity index (χ0) is 65.4. The van der Waals surface area contributed by atoms with E-state index in [1.165, 1.54) is 111 Å². The molecule has 14 N–H and O–H groups in total. The molecule has 0 saturated carbocycles. The third kappa shape index (κ3) is 31.0. The summed E-state index contributed by atoms with van der Waals surface area (Å²) >= 11 is 0. The van der Waals surface area contributed by atoms with Gasteiger partial charge >= 0.3 is 29.8 Å². The zero-order valence-electron chi connectivity index (χ0n) is 46.5. The average Bonchev–Trinajstić information content (AvgIpc) is 3.42. The summed E-state index contributed by atoms with van der Waals surface area (Å²) in [6, 6.07) is 35.0. The molecule has 7 aromatic rings. The van der Waals surface area contributed by atoms with Gasteiger partial charge in [0.25, 0.3) is 0 Å². The Hall–Kier alpha value is -12.2. The highest BCUT2D eigenvalue weighted by atomic mass is 16.5. The van der Waals surface area contributed by atoms with Crippen molar-refractivity contribution in [2.24, 2.45) is 0 Å². The van der Waals surface area contributed by atoms with Crippen molar-refractivity contribution in [1.82, 2.24) is 0 Å². The summed E-state index contributed by atoms with van der Waals surface area (Å²) in [7, 11) is 2.86. The topological polar surface area (TPSA) is 430 Å². The van der Waals surface area contributed by atoms with E-state index in [9.17, 15) is 38.7 Å². The molecule has 0 aliphatic rings. The van der Waals surface area contributed by atoms with Gasteiger partial charge < -0.3 is 85.7 Å². The number of allylic oxidation sites excluding steroid dienone is 1. The Bertz CT molecular complexity index is 3450. The maximum Gasteiger partial charge on any atom is 0.338 e. The summed E-state index contributed by atoms with van der Waals surface area (Å²) < 4.78 is 14.4. The second-order valence-electron chi connectivity index (χ2n) is 16.6. The van der Waals surface area contributed by atoms with Gasteiger partial charge in [-0.3, -0.25) is 14.4 Å². The minimum Gasteiger partial charge on any atom is -0.508 e. The first-order valence-electron chi connectivity index (χ1n) is 24.8. The smallest absolute Gasteiger partial charge is 0.338 e. The Balaban J connectivity index is 0.000000509. The van der Waals surface area contributed by atoms with Crippen LogP contribution in [0.3, 0.4) is 0 Å². The number of phenols is 10. The van der Waals surface area contributed by atoms with E-state index in [1.807, 2.05) is 37.3 Å². The van der Waals surface area contributed by atoms with Gasteiger partial charge in [0, 0.05) is 23.8 Å². The van der Waals surface area contributed by atoms with Crippen LogP contribution in [-0.2, 0) is 35.1 Å².